The molecular weight excluding hydrogens is 482 g/mol. The predicted octanol–water partition coefficient (Wildman–Crippen LogP) is 6.52. The summed E-state index contributed by atoms with van der Waals surface area (Å²) in [5, 5.41) is 8.47. The lowest BCUT2D eigenvalue weighted by molar-refractivity contribution is 0.950. The highest BCUT2D eigenvalue weighted by Crippen LogP contribution is 2.31. The van der Waals surface area contributed by atoms with Crippen molar-refractivity contribution in [1.82, 2.24) is 35.1 Å². The molecule has 7 heteroatoms. The van der Waals surface area contributed by atoms with E-state index in [9.17, 15) is 0 Å². The van der Waals surface area contributed by atoms with Crippen molar-refractivity contribution in [3.05, 3.63) is 132 Å². The highest BCUT2D eigenvalue weighted by molar-refractivity contribution is 5.92. The molecule has 6 aromatic rings. The van der Waals surface area contributed by atoms with Gasteiger partial charge >= 0.3 is 0 Å². The molecule has 0 aliphatic rings. The first kappa shape index (κ1) is 24.2. The number of aryl methyl sites for hydroxylation is 3. The quantitative estimate of drug-likeness (QED) is 0.228. The van der Waals surface area contributed by atoms with Gasteiger partial charge in [-0.1, -0.05) is 49.1 Å². The molecule has 0 unspecified atom stereocenters. The Labute approximate surface area is 226 Å². The number of aromatic amines is 2. The van der Waals surface area contributed by atoms with Gasteiger partial charge in [-0.3, -0.25) is 15.1 Å². The molecule has 0 aliphatic carbocycles. The second-order valence-electron chi connectivity index (χ2n) is 9.37. The van der Waals surface area contributed by atoms with E-state index in [1.807, 2.05) is 49.8 Å². The van der Waals surface area contributed by atoms with Crippen LogP contribution in [0.25, 0.3) is 39.3 Å². The van der Waals surface area contributed by atoms with Crippen LogP contribution in [-0.4, -0.2) is 35.1 Å². The van der Waals surface area contributed by atoms with Crippen molar-refractivity contribution < 1.29 is 0 Å². The number of nitrogens with zero attached hydrogens (tertiary/aromatic N) is 5. The number of aromatic nitrogens is 7. The number of imidazole rings is 1. The van der Waals surface area contributed by atoms with Crippen LogP contribution in [0.5, 0.6) is 0 Å². The molecule has 5 heterocycles. The summed E-state index contributed by atoms with van der Waals surface area (Å²) in [5.41, 5.74) is 9.69. The van der Waals surface area contributed by atoms with Crippen LogP contribution in [0.1, 0.15) is 28.1 Å². The minimum Gasteiger partial charge on any atom is -0.340 e. The van der Waals surface area contributed by atoms with E-state index in [1.54, 1.807) is 18.5 Å². The van der Waals surface area contributed by atoms with Gasteiger partial charge in [0.15, 0.2) is 11.5 Å². The summed E-state index contributed by atoms with van der Waals surface area (Å²) in [6.07, 6.45) is 14.8. The average molecular weight is 510 g/mol. The van der Waals surface area contributed by atoms with Crippen LogP contribution < -0.4 is 0 Å². The smallest absolute Gasteiger partial charge is 0.181 e. The lowest BCUT2D eigenvalue weighted by Gasteiger charge is -2.06. The predicted molar refractivity (Wildman–Crippen MR) is 155 cm³/mol. The van der Waals surface area contributed by atoms with Crippen LogP contribution in [0.4, 0.5) is 0 Å². The SMILES string of the molecule is C=C/C=C(/c1ccncc1)c1nc(-c2[nH]nc3ncc(-c4cncc(CCc5ccccc5)c4)cc23)[nH]c1C. The summed E-state index contributed by atoms with van der Waals surface area (Å²) in [5.74, 6) is 0.697. The Morgan fingerprint density at radius 1 is 0.897 bits per heavy atom. The Hall–Kier alpha value is -5.17. The third kappa shape index (κ3) is 5.02. The highest BCUT2D eigenvalue weighted by atomic mass is 15.2. The van der Waals surface area contributed by atoms with E-state index < -0.39 is 0 Å². The zero-order chi connectivity index (χ0) is 26.6. The largest absolute Gasteiger partial charge is 0.340 e. The van der Waals surface area contributed by atoms with Crippen LogP contribution >= 0.6 is 0 Å². The molecular formula is C32H27N7. The molecule has 6 rings (SSSR count). The highest BCUT2D eigenvalue weighted by Gasteiger charge is 2.18. The van der Waals surface area contributed by atoms with Gasteiger partial charge in [-0.2, -0.15) is 5.10 Å². The lowest BCUT2D eigenvalue weighted by atomic mass is 10.0. The van der Waals surface area contributed by atoms with Gasteiger partial charge in [0.2, 0.25) is 0 Å². The molecule has 0 saturated heterocycles. The fraction of sp³-hybridized carbons (Fsp3) is 0.0938. The Kier molecular flexibility index (Phi) is 6.62. The lowest BCUT2D eigenvalue weighted by Crippen LogP contribution is -1.93. The zero-order valence-corrected chi connectivity index (χ0v) is 21.6. The van der Waals surface area contributed by atoms with Gasteiger partial charge in [0.25, 0.3) is 0 Å². The van der Waals surface area contributed by atoms with Crippen molar-refractivity contribution >= 4 is 16.6 Å². The number of benzene rings is 1. The average Bonchev–Trinajstić information content (AvgIpc) is 3.58. The summed E-state index contributed by atoms with van der Waals surface area (Å²) < 4.78 is 0. The first-order chi connectivity index (χ1) is 19.2. The summed E-state index contributed by atoms with van der Waals surface area (Å²) in [4.78, 5) is 21.7. The summed E-state index contributed by atoms with van der Waals surface area (Å²) in [7, 11) is 0. The number of rotatable bonds is 8. The topological polar surface area (TPSA) is 96.0 Å². The molecule has 0 radical (unpaired) electrons. The number of allylic oxidation sites excluding steroid dienone is 2. The van der Waals surface area contributed by atoms with E-state index in [2.05, 4.69) is 73.1 Å². The zero-order valence-electron chi connectivity index (χ0n) is 21.6. The van der Waals surface area contributed by atoms with Crippen molar-refractivity contribution in [2.24, 2.45) is 0 Å². The molecule has 1 aromatic carbocycles. The molecule has 0 fully saturated rings. The van der Waals surface area contributed by atoms with Crippen LogP contribution in [-0.2, 0) is 12.8 Å². The van der Waals surface area contributed by atoms with Crippen molar-refractivity contribution in [3.8, 4) is 22.6 Å². The Morgan fingerprint density at radius 2 is 1.69 bits per heavy atom. The summed E-state index contributed by atoms with van der Waals surface area (Å²) in [6.45, 7) is 5.90. The maximum Gasteiger partial charge on any atom is 0.181 e. The van der Waals surface area contributed by atoms with Crippen LogP contribution in [0.15, 0.2) is 104 Å². The van der Waals surface area contributed by atoms with E-state index in [-0.39, 0.29) is 0 Å². The van der Waals surface area contributed by atoms with E-state index in [0.29, 0.717) is 11.5 Å². The number of H-pyrrole nitrogens is 2. The first-order valence-electron chi connectivity index (χ1n) is 12.8. The molecule has 0 atom stereocenters. The van der Waals surface area contributed by atoms with Crippen molar-refractivity contribution in [2.75, 3.05) is 0 Å². The van der Waals surface area contributed by atoms with Gasteiger partial charge in [-0.05, 0) is 60.7 Å². The fourth-order valence-corrected chi connectivity index (χ4v) is 4.76. The second-order valence-corrected chi connectivity index (χ2v) is 9.37. The third-order valence-electron chi connectivity index (χ3n) is 6.74. The molecule has 190 valence electrons. The van der Waals surface area contributed by atoms with Gasteiger partial charge in [-0.25, -0.2) is 9.97 Å². The molecule has 0 saturated carbocycles. The van der Waals surface area contributed by atoms with Gasteiger partial charge < -0.3 is 4.98 Å². The first-order valence-corrected chi connectivity index (χ1v) is 12.8. The minimum atomic E-state index is 0.633. The molecule has 0 spiro atoms. The molecule has 2 N–H and O–H groups in total. The van der Waals surface area contributed by atoms with Crippen LogP contribution in [0.2, 0.25) is 0 Å². The van der Waals surface area contributed by atoms with Crippen molar-refractivity contribution in [1.29, 1.82) is 0 Å². The van der Waals surface area contributed by atoms with Crippen LogP contribution in [0, 0.1) is 6.92 Å². The monoisotopic (exact) mass is 509 g/mol. The van der Waals surface area contributed by atoms with Crippen molar-refractivity contribution in [2.45, 2.75) is 19.8 Å². The summed E-state index contributed by atoms with van der Waals surface area (Å²) >= 11 is 0. The summed E-state index contributed by atoms with van der Waals surface area (Å²) in [6, 6.07) is 18.7. The number of hydrogen-bond donors (Lipinski definition) is 2. The molecule has 7 nitrogen and oxygen atoms in total. The molecule has 0 amide bonds. The molecule has 0 aliphatic heterocycles. The number of fused-ring (bicyclic) bond motifs is 1. The van der Waals surface area contributed by atoms with E-state index in [4.69, 9.17) is 4.98 Å². The fourth-order valence-electron chi connectivity index (χ4n) is 4.76. The number of pyridine rings is 3. The van der Waals surface area contributed by atoms with Gasteiger partial charge in [0.05, 0.1) is 11.1 Å². The van der Waals surface area contributed by atoms with Crippen LogP contribution in [0.3, 0.4) is 0 Å². The second kappa shape index (κ2) is 10.7. The van der Waals surface area contributed by atoms with Crippen molar-refractivity contribution in [3.63, 3.8) is 0 Å². The molecule has 0 bridgehead atoms. The van der Waals surface area contributed by atoms with E-state index >= 15 is 0 Å². The normalized spacial score (nSPS) is 11.7. The van der Waals surface area contributed by atoms with E-state index in [1.165, 1.54) is 11.1 Å². The van der Waals surface area contributed by atoms with Gasteiger partial charge in [-0.15, -0.1) is 0 Å². The minimum absolute atomic E-state index is 0.633. The van der Waals surface area contributed by atoms with E-state index in [0.717, 1.165) is 57.6 Å². The standard InChI is InChI=1S/C32H27N7/c1-3-7-27(24-12-14-33-15-13-24)29-21(2)36-32(37-29)30-28-17-26(20-35-31(28)39-38-30)25-16-23(18-34-19-25)11-10-22-8-5-4-6-9-22/h3-9,12-20H,1,10-11H2,2H3,(H,36,37)(H,35,38,39)/b27-7-. The van der Waals surface area contributed by atoms with Gasteiger partial charge in [0.1, 0.15) is 5.69 Å². The third-order valence-corrected chi connectivity index (χ3v) is 6.74. The van der Waals surface area contributed by atoms with Gasteiger partial charge in [0, 0.05) is 53.4 Å². The maximum atomic E-state index is 4.96. The molecule has 5 aromatic heterocycles. The number of nitrogens with one attached hydrogen (secondary N) is 2. The Bertz CT molecular complexity index is 1780. The number of hydrogen-bond acceptors (Lipinski definition) is 5. The molecule has 39 heavy (non-hydrogen) atoms. The Balaban J connectivity index is 1.33. The Morgan fingerprint density at radius 3 is 2.51 bits per heavy atom. The maximum absolute atomic E-state index is 4.96.